The molecule has 1 amide bonds. The maximum Gasteiger partial charge on any atom is 0.227 e. The van der Waals surface area contributed by atoms with Crippen LogP contribution in [0, 0.1) is 5.92 Å². The quantitative estimate of drug-likeness (QED) is 0.832. The first kappa shape index (κ1) is 13.6. The predicted molar refractivity (Wildman–Crippen MR) is 79.1 cm³/mol. The maximum absolute atomic E-state index is 12.1. The van der Waals surface area contributed by atoms with Crippen LogP contribution in [-0.4, -0.2) is 11.2 Å². The molecular weight excluding hydrogens is 290 g/mol. The molecule has 2 nitrogen and oxygen atoms in total. The van der Waals surface area contributed by atoms with Gasteiger partial charge in [0, 0.05) is 16.9 Å². The van der Waals surface area contributed by atoms with Crippen molar-refractivity contribution < 1.29 is 4.79 Å². The Morgan fingerprint density at radius 3 is 2.44 bits per heavy atom. The number of anilines is 1. The predicted octanol–water partition coefficient (Wildman–Crippen LogP) is 4.14. The molecule has 1 aromatic rings. The molecule has 0 radical (unpaired) electrons. The Morgan fingerprint density at radius 2 is 1.83 bits per heavy atom. The molecule has 1 aliphatic carbocycles. The van der Waals surface area contributed by atoms with Gasteiger partial charge in [0.05, 0.1) is 0 Å². The number of hydrogen-bond donors (Lipinski definition) is 1. The molecule has 1 saturated carbocycles. The first-order valence-electron chi connectivity index (χ1n) is 6.75. The van der Waals surface area contributed by atoms with Gasteiger partial charge in [-0.3, -0.25) is 4.79 Å². The molecule has 0 aliphatic heterocycles. The first-order valence-corrected chi connectivity index (χ1v) is 7.87. The molecule has 0 bridgehead atoms. The summed E-state index contributed by atoms with van der Waals surface area (Å²) in [6.07, 6.45) is 6.80. The molecule has 2 rings (SSSR count). The summed E-state index contributed by atoms with van der Waals surface area (Å²) in [6.45, 7) is 0. The van der Waals surface area contributed by atoms with Crippen molar-refractivity contribution in [2.45, 2.75) is 38.5 Å². The maximum atomic E-state index is 12.1. The third-order valence-electron chi connectivity index (χ3n) is 3.58. The highest BCUT2D eigenvalue weighted by atomic mass is 79.9. The third-order valence-corrected chi connectivity index (χ3v) is 3.98. The van der Waals surface area contributed by atoms with Gasteiger partial charge in [0.2, 0.25) is 5.91 Å². The fourth-order valence-corrected chi connectivity index (χ4v) is 2.93. The number of rotatable bonds is 4. The van der Waals surface area contributed by atoms with E-state index in [1.165, 1.54) is 24.8 Å². The van der Waals surface area contributed by atoms with Crippen molar-refractivity contribution >= 4 is 27.5 Å². The molecule has 98 valence electrons. The van der Waals surface area contributed by atoms with Crippen LogP contribution in [0.25, 0.3) is 0 Å². The van der Waals surface area contributed by atoms with Crippen molar-refractivity contribution in [2.24, 2.45) is 5.92 Å². The fraction of sp³-hybridized carbons (Fsp3) is 0.533. The first-order chi connectivity index (χ1) is 8.79. The van der Waals surface area contributed by atoms with Gasteiger partial charge in [0.25, 0.3) is 0 Å². The van der Waals surface area contributed by atoms with Gasteiger partial charge in [0.15, 0.2) is 0 Å². The number of hydrogen-bond acceptors (Lipinski definition) is 1. The molecule has 3 heteroatoms. The summed E-state index contributed by atoms with van der Waals surface area (Å²) in [4.78, 5) is 12.1. The van der Waals surface area contributed by atoms with E-state index in [1.54, 1.807) is 0 Å². The fourth-order valence-electron chi connectivity index (χ4n) is 2.47. The van der Waals surface area contributed by atoms with Gasteiger partial charge < -0.3 is 5.32 Å². The number of aryl methyl sites for hydroxylation is 1. The van der Waals surface area contributed by atoms with Crippen LogP contribution in [-0.2, 0) is 11.2 Å². The summed E-state index contributed by atoms with van der Waals surface area (Å²) in [5.74, 6) is 0.420. The van der Waals surface area contributed by atoms with Crippen molar-refractivity contribution in [3.8, 4) is 0 Å². The van der Waals surface area contributed by atoms with Gasteiger partial charge >= 0.3 is 0 Å². The summed E-state index contributed by atoms with van der Waals surface area (Å²) < 4.78 is 0. The molecule has 0 atom stereocenters. The highest BCUT2D eigenvalue weighted by Gasteiger charge is 2.20. The average molecular weight is 310 g/mol. The Bertz CT molecular complexity index is 382. The molecule has 18 heavy (non-hydrogen) atoms. The summed E-state index contributed by atoms with van der Waals surface area (Å²) >= 11 is 3.43. The standard InChI is InChI=1S/C15H20BrNO/c16-11-10-12-6-8-14(9-7-12)17-15(18)13-4-2-1-3-5-13/h6-9,13H,1-5,10-11H2,(H,17,18). The highest BCUT2D eigenvalue weighted by molar-refractivity contribution is 9.09. The Kier molecular flexibility index (Phi) is 5.24. The monoisotopic (exact) mass is 309 g/mol. The second-order valence-electron chi connectivity index (χ2n) is 4.96. The molecule has 0 saturated heterocycles. The van der Waals surface area contributed by atoms with Gasteiger partial charge in [0.1, 0.15) is 0 Å². The van der Waals surface area contributed by atoms with E-state index < -0.39 is 0 Å². The molecule has 0 aromatic heterocycles. The Morgan fingerprint density at radius 1 is 1.17 bits per heavy atom. The Labute approximate surface area is 117 Å². The summed E-state index contributed by atoms with van der Waals surface area (Å²) in [5, 5.41) is 4.00. The Balaban J connectivity index is 1.89. The van der Waals surface area contributed by atoms with Gasteiger partial charge in [-0.2, -0.15) is 0 Å². The molecule has 0 spiro atoms. The second-order valence-corrected chi connectivity index (χ2v) is 5.75. The van der Waals surface area contributed by atoms with E-state index in [1.807, 2.05) is 12.1 Å². The lowest BCUT2D eigenvalue weighted by Gasteiger charge is -2.20. The largest absolute Gasteiger partial charge is 0.326 e. The van der Waals surface area contributed by atoms with Crippen molar-refractivity contribution in [3.05, 3.63) is 29.8 Å². The minimum atomic E-state index is 0.197. The second kappa shape index (κ2) is 6.93. The number of alkyl halides is 1. The van der Waals surface area contributed by atoms with E-state index in [0.717, 1.165) is 30.3 Å². The molecule has 0 unspecified atom stereocenters. The van der Waals surface area contributed by atoms with Gasteiger partial charge in [-0.1, -0.05) is 47.3 Å². The molecule has 1 N–H and O–H groups in total. The van der Waals surface area contributed by atoms with Crippen LogP contribution in [0.3, 0.4) is 0 Å². The lowest BCUT2D eigenvalue weighted by Crippen LogP contribution is -2.24. The molecule has 1 aromatic carbocycles. The van der Waals surface area contributed by atoms with Crippen LogP contribution >= 0.6 is 15.9 Å². The highest BCUT2D eigenvalue weighted by Crippen LogP contribution is 2.25. The zero-order valence-electron chi connectivity index (χ0n) is 10.6. The number of benzene rings is 1. The normalized spacial score (nSPS) is 16.5. The topological polar surface area (TPSA) is 29.1 Å². The van der Waals surface area contributed by atoms with Gasteiger partial charge in [-0.05, 0) is 37.0 Å². The minimum absolute atomic E-state index is 0.197. The molecular formula is C15H20BrNO. The van der Waals surface area contributed by atoms with Crippen molar-refractivity contribution in [2.75, 3.05) is 10.6 Å². The van der Waals surface area contributed by atoms with E-state index in [-0.39, 0.29) is 11.8 Å². The third kappa shape index (κ3) is 3.84. The lowest BCUT2D eigenvalue weighted by atomic mass is 9.88. The van der Waals surface area contributed by atoms with Crippen LogP contribution in [0.1, 0.15) is 37.7 Å². The van der Waals surface area contributed by atoms with E-state index in [9.17, 15) is 4.79 Å². The number of nitrogens with one attached hydrogen (secondary N) is 1. The summed E-state index contributed by atoms with van der Waals surface area (Å²) in [7, 11) is 0. The van der Waals surface area contributed by atoms with E-state index in [4.69, 9.17) is 0 Å². The van der Waals surface area contributed by atoms with Crippen molar-refractivity contribution in [3.63, 3.8) is 0 Å². The minimum Gasteiger partial charge on any atom is -0.326 e. The smallest absolute Gasteiger partial charge is 0.227 e. The van der Waals surface area contributed by atoms with Crippen LogP contribution in [0.4, 0.5) is 5.69 Å². The van der Waals surface area contributed by atoms with Crippen LogP contribution in [0.15, 0.2) is 24.3 Å². The van der Waals surface area contributed by atoms with E-state index in [0.29, 0.717) is 0 Å². The molecule has 1 fully saturated rings. The molecule has 1 aliphatic rings. The SMILES string of the molecule is O=C(Nc1ccc(CCBr)cc1)C1CCCCC1. The zero-order chi connectivity index (χ0) is 12.8. The van der Waals surface area contributed by atoms with Crippen molar-refractivity contribution in [1.29, 1.82) is 0 Å². The lowest BCUT2D eigenvalue weighted by molar-refractivity contribution is -0.120. The van der Waals surface area contributed by atoms with Crippen molar-refractivity contribution in [1.82, 2.24) is 0 Å². The average Bonchev–Trinajstić information content (AvgIpc) is 2.42. The number of amides is 1. The van der Waals surface area contributed by atoms with Gasteiger partial charge in [-0.25, -0.2) is 0 Å². The van der Waals surface area contributed by atoms with Crippen LogP contribution in [0.2, 0.25) is 0 Å². The molecule has 0 heterocycles. The zero-order valence-corrected chi connectivity index (χ0v) is 12.2. The summed E-state index contributed by atoms with van der Waals surface area (Å²) in [6, 6.07) is 8.16. The number of halogens is 1. The Hall–Kier alpha value is -0.830. The van der Waals surface area contributed by atoms with E-state index >= 15 is 0 Å². The van der Waals surface area contributed by atoms with Crippen LogP contribution < -0.4 is 5.32 Å². The van der Waals surface area contributed by atoms with E-state index in [2.05, 4.69) is 33.4 Å². The van der Waals surface area contributed by atoms with Gasteiger partial charge in [-0.15, -0.1) is 0 Å². The summed E-state index contributed by atoms with van der Waals surface area (Å²) in [5.41, 5.74) is 2.21. The van der Waals surface area contributed by atoms with Crippen LogP contribution in [0.5, 0.6) is 0 Å². The number of carbonyl (C=O) groups is 1. The number of carbonyl (C=O) groups excluding carboxylic acids is 1.